The fourth-order valence-electron chi connectivity index (χ4n) is 3.24. The van der Waals surface area contributed by atoms with E-state index in [0.717, 1.165) is 25.0 Å². The highest BCUT2D eigenvalue weighted by Crippen LogP contribution is 2.28. The van der Waals surface area contributed by atoms with Gasteiger partial charge in [-0.1, -0.05) is 22.0 Å². The van der Waals surface area contributed by atoms with Crippen molar-refractivity contribution < 1.29 is 0 Å². The molecule has 0 amide bonds. The first-order valence-electron chi connectivity index (χ1n) is 8.03. The lowest BCUT2D eigenvalue weighted by Crippen LogP contribution is -2.28. The number of rotatable bonds is 6. The Morgan fingerprint density at radius 1 is 1.33 bits per heavy atom. The van der Waals surface area contributed by atoms with Gasteiger partial charge in [-0.3, -0.25) is 0 Å². The zero-order valence-electron chi connectivity index (χ0n) is 13.1. The third kappa shape index (κ3) is 4.21. The Labute approximate surface area is 136 Å². The highest BCUT2D eigenvalue weighted by molar-refractivity contribution is 9.10. The van der Waals surface area contributed by atoms with Gasteiger partial charge in [-0.25, -0.2) is 0 Å². The lowest BCUT2D eigenvalue weighted by atomic mass is 10.1. The fraction of sp³-hybridized carbons (Fsp3) is 0.647. The Balaban J connectivity index is 1.67. The SMILES string of the molecule is CN1CCC(CN(C)c2cc(Br)ccc2CNC2CC2)C1. The fourth-order valence-corrected chi connectivity index (χ4v) is 3.59. The molecule has 1 aliphatic carbocycles. The van der Waals surface area contributed by atoms with Gasteiger partial charge in [-0.05, 0) is 56.5 Å². The number of hydrogen-bond donors (Lipinski definition) is 1. The molecular weight excluding hydrogens is 326 g/mol. The summed E-state index contributed by atoms with van der Waals surface area (Å²) in [5.41, 5.74) is 2.78. The summed E-state index contributed by atoms with van der Waals surface area (Å²) in [6.45, 7) is 4.61. The van der Waals surface area contributed by atoms with Crippen molar-refractivity contribution in [2.24, 2.45) is 5.92 Å². The minimum absolute atomic E-state index is 0.760. The largest absolute Gasteiger partial charge is 0.374 e. The Hall–Kier alpha value is -0.580. The first-order chi connectivity index (χ1) is 10.1. The average Bonchev–Trinajstić information content (AvgIpc) is 3.20. The minimum Gasteiger partial charge on any atom is -0.374 e. The van der Waals surface area contributed by atoms with Crippen molar-refractivity contribution in [3.63, 3.8) is 0 Å². The topological polar surface area (TPSA) is 18.5 Å². The zero-order chi connectivity index (χ0) is 14.8. The molecule has 21 heavy (non-hydrogen) atoms. The van der Waals surface area contributed by atoms with Crippen molar-refractivity contribution in [3.05, 3.63) is 28.2 Å². The van der Waals surface area contributed by atoms with Crippen molar-refractivity contribution in [2.75, 3.05) is 38.6 Å². The van der Waals surface area contributed by atoms with Crippen LogP contribution in [0.2, 0.25) is 0 Å². The molecular formula is C17H26BrN3. The predicted octanol–water partition coefficient (Wildman–Crippen LogP) is 3.09. The third-order valence-corrected chi connectivity index (χ3v) is 5.13. The second-order valence-corrected chi connectivity index (χ2v) is 7.64. The lowest BCUT2D eigenvalue weighted by molar-refractivity contribution is 0.396. The quantitative estimate of drug-likeness (QED) is 0.849. The summed E-state index contributed by atoms with van der Waals surface area (Å²) in [4.78, 5) is 4.88. The lowest BCUT2D eigenvalue weighted by Gasteiger charge is -2.26. The monoisotopic (exact) mass is 351 g/mol. The van der Waals surface area contributed by atoms with Crippen molar-refractivity contribution in [1.82, 2.24) is 10.2 Å². The van der Waals surface area contributed by atoms with Gasteiger partial charge in [0.15, 0.2) is 0 Å². The number of likely N-dealkylation sites (tertiary alicyclic amines) is 1. The summed E-state index contributed by atoms with van der Waals surface area (Å²) in [5, 5.41) is 3.64. The molecule has 1 aliphatic heterocycles. The summed E-state index contributed by atoms with van der Waals surface area (Å²) < 4.78 is 1.17. The van der Waals surface area contributed by atoms with Crippen LogP contribution in [0.4, 0.5) is 5.69 Å². The molecule has 3 nitrogen and oxygen atoms in total. The van der Waals surface area contributed by atoms with E-state index in [1.165, 1.54) is 48.1 Å². The predicted molar refractivity (Wildman–Crippen MR) is 92.9 cm³/mol. The van der Waals surface area contributed by atoms with E-state index in [2.05, 4.69) is 63.3 Å². The average molecular weight is 352 g/mol. The Bertz CT molecular complexity index is 487. The molecule has 0 spiro atoms. The Morgan fingerprint density at radius 3 is 2.81 bits per heavy atom. The van der Waals surface area contributed by atoms with Gasteiger partial charge in [0.1, 0.15) is 0 Å². The summed E-state index contributed by atoms with van der Waals surface area (Å²) in [5.74, 6) is 0.795. The number of nitrogens with one attached hydrogen (secondary N) is 1. The van der Waals surface area contributed by atoms with Crippen molar-refractivity contribution in [3.8, 4) is 0 Å². The number of nitrogens with zero attached hydrogens (tertiary/aromatic N) is 2. The standard InChI is InChI=1S/C17H26BrN3/c1-20-8-7-13(11-20)12-21(2)17-9-15(18)4-3-14(17)10-19-16-5-6-16/h3-4,9,13,16,19H,5-8,10-12H2,1-2H3. The molecule has 3 rings (SSSR count). The molecule has 0 radical (unpaired) electrons. The molecule has 1 heterocycles. The summed E-state index contributed by atoms with van der Waals surface area (Å²) >= 11 is 3.62. The normalized spacial score (nSPS) is 22.7. The summed E-state index contributed by atoms with van der Waals surface area (Å²) in [6, 6.07) is 7.44. The highest BCUT2D eigenvalue weighted by atomic mass is 79.9. The molecule has 2 aliphatic rings. The van der Waals surface area contributed by atoms with Gasteiger partial charge in [0.05, 0.1) is 0 Å². The van der Waals surface area contributed by atoms with Crippen LogP contribution in [0.1, 0.15) is 24.8 Å². The van der Waals surface area contributed by atoms with Crippen LogP contribution in [-0.2, 0) is 6.54 Å². The summed E-state index contributed by atoms with van der Waals surface area (Å²) in [6.07, 6.45) is 4.01. The second kappa shape index (κ2) is 6.67. The van der Waals surface area contributed by atoms with Crippen LogP contribution in [0.15, 0.2) is 22.7 Å². The summed E-state index contributed by atoms with van der Waals surface area (Å²) in [7, 11) is 4.46. The number of anilines is 1. The van der Waals surface area contributed by atoms with Crippen LogP contribution in [0.25, 0.3) is 0 Å². The molecule has 1 unspecified atom stereocenters. The molecule has 1 atom stereocenters. The van der Waals surface area contributed by atoms with E-state index in [1.807, 2.05) is 0 Å². The molecule has 116 valence electrons. The molecule has 4 heteroatoms. The first kappa shape index (κ1) is 15.3. The van der Waals surface area contributed by atoms with E-state index in [-0.39, 0.29) is 0 Å². The van der Waals surface area contributed by atoms with Crippen LogP contribution < -0.4 is 10.2 Å². The van der Waals surface area contributed by atoms with Gasteiger partial charge >= 0.3 is 0 Å². The van der Waals surface area contributed by atoms with E-state index in [4.69, 9.17) is 0 Å². The van der Waals surface area contributed by atoms with Gasteiger partial charge in [0, 0.05) is 42.9 Å². The smallest absolute Gasteiger partial charge is 0.0420 e. The molecule has 1 N–H and O–H groups in total. The maximum Gasteiger partial charge on any atom is 0.0420 e. The van der Waals surface area contributed by atoms with Crippen LogP contribution in [0.5, 0.6) is 0 Å². The maximum absolute atomic E-state index is 3.64. The Kier molecular flexibility index (Phi) is 4.87. The van der Waals surface area contributed by atoms with Crippen LogP contribution in [0, 0.1) is 5.92 Å². The molecule has 1 aromatic rings. The van der Waals surface area contributed by atoms with Gasteiger partial charge in [0.2, 0.25) is 0 Å². The number of benzene rings is 1. The molecule has 0 aromatic heterocycles. The molecule has 1 aromatic carbocycles. The van der Waals surface area contributed by atoms with Gasteiger partial charge in [0.25, 0.3) is 0 Å². The van der Waals surface area contributed by atoms with E-state index in [9.17, 15) is 0 Å². The third-order valence-electron chi connectivity index (χ3n) is 4.64. The van der Waals surface area contributed by atoms with Crippen molar-refractivity contribution in [2.45, 2.75) is 31.8 Å². The number of hydrogen-bond acceptors (Lipinski definition) is 3. The molecule has 2 fully saturated rings. The highest BCUT2D eigenvalue weighted by Gasteiger charge is 2.23. The zero-order valence-corrected chi connectivity index (χ0v) is 14.7. The van der Waals surface area contributed by atoms with E-state index in [0.29, 0.717) is 0 Å². The van der Waals surface area contributed by atoms with Crippen LogP contribution in [-0.4, -0.2) is 44.7 Å². The molecule has 0 bridgehead atoms. The molecule has 1 saturated carbocycles. The maximum atomic E-state index is 3.64. The van der Waals surface area contributed by atoms with Crippen molar-refractivity contribution >= 4 is 21.6 Å². The molecule has 1 saturated heterocycles. The minimum atomic E-state index is 0.760. The van der Waals surface area contributed by atoms with E-state index >= 15 is 0 Å². The second-order valence-electron chi connectivity index (χ2n) is 6.73. The first-order valence-corrected chi connectivity index (χ1v) is 8.82. The van der Waals surface area contributed by atoms with Gasteiger partial charge in [-0.15, -0.1) is 0 Å². The van der Waals surface area contributed by atoms with Gasteiger partial charge in [-0.2, -0.15) is 0 Å². The van der Waals surface area contributed by atoms with E-state index in [1.54, 1.807) is 0 Å². The van der Waals surface area contributed by atoms with Crippen molar-refractivity contribution in [1.29, 1.82) is 0 Å². The Morgan fingerprint density at radius 2 is 2.14 bits per heavy atom. The number of halogens is 1. The van der Waals surface area contributed by atoms with Crippen LogP contribution >= 0.6 is 15.9 Å². The van der Waals surface area contributed by atoms with Crippen LogP contribution in [0.3, 0.4) is 0 Å². The van der Waals surface area contributed by atoms with E-state index < -0.39 is 0 Å². The van der Waals surface area contributed by atoms with Gasteiger partial charge < -0.3 is 15.1 Å².